The Kier molecular flexibility index (Phi) is 3.74. The zero-order chi connectivity index (χ0) is 18.8. The number of unbranched alkanes of at least 4 members (excludes halogenated alkanes) is 1. The maximum Gasteiger partial charge on any atom is 0.291 e. The van der Waals surface area contributed by atoms with E-state index < -0.39 is 17.4 Å². The molecule has 3 heterocycles. The number of fused-ring (bicyclic) bond motifs is 4. The van der Waals surface area contributed by atoms with E-state index in [1.165, 1.54) is 4.90 Å². The van der Waals surface area contributed by atoms with Crippen molar-refractivity contribution >= 4 is 23.4 Å². The molecule has 138 valence electrons. The molecule has 0 aliphatic carbocycles. The van der Waals surface area contributed by atoms with E-state index in [9.17, 15) is 14.4 Å². The molecule has 0 unspecified atom stereocenters. The summed E-state index contributed by atoms with van der Waals surface area (Å²) < 4.78 is 0. The van der Waals surface area contributed by atoms with Gasteiger partial charge in [-0.3, -0.25) is 19.3 Å². The summed E-state index contributed by atoms with van der Waals surface area (Å²) in [5.74, 6) is -1.52. The van der Waals surface area contributed by atoms with Gasteiger partial charge in [-0.2, -0.15) is 0 Å². The minimum atomic E-state index is -1.02. The van der Waals surface area contributed by atoms with E-state index in [0.29, 0.717) is 6.54 Å². The van der Waals surface area contributed by atoms with Gasteiger partial charge in [-0.15, -0.1) is 0 Å². The van der Waals surface area contributed by atoms with Crippen LogP contribution in [-0.2, 0) is 19.9 Å². The number of anilines is 1. The third-order valence-corrected chi connectivity index (χ3v) is 6.56. The molecule has 3 amide bonds. The van der Waals surface area contributed by atoms with Crippen LogP contribution in [0.1, 0.15) is 43.4 Å². The predicted octanol–water partition coefficient (Wildman–Crippen LogP) is 0.818. The van der Waals surface area contributed by atoms with Crippen LogP contribution in [0, 0.1) is 25.7 Å². The number of benzene rings is 1. The van der Waals surface area contributed by atoms with Crippen LogP contribution in [0.5, 0.6) is 0 Å². The van der Waals surface area contributed by atoms with Crippen molar-refractivity contribution in [2.45, 2.75) is 52.1 Å². The van der Waals surface area contributed by atoms with Gasteiger partial charge >= 0.3 is 0 Å². The molecule has 26 heavy (non-hydrogen) atoms. The van der Waals surface area contributed by atoms with Crippen molar-refractivity contribution in [2.24, 2.45) is 11.8 Å². The van der Waals surface area contributed by atoms with Crippen LogP contribution in [0.3, 0.4) is 0 Å². The molecular weight excluding hydrogens is 330 g/mol. The summed E-state index contributed by atoms with van der Waals surface area (Å²) in [5, 5.41) is 4.96. The van der Waals surface area contributed by atoms with Gasteiger partial charge in [-0.25, -0.2) is 0 Å². The molecule has 4 rings (SSSR count). The standard InChI is InChI=1S/C20H25N3O3/c1-5-6-9-23-17(24)14-12(4)22-20(15(14)18(23)25)13-8-7-10(2)11(3)16(13)21-19(20)26/h7-8,12,14-15,22H,5-6,9H2,1-4H3,(H,21,26)/p+1/t12-,14+,15-,20+/m0/s1. The molecule has 0 aromatic heterocycles. The van der Waals surface area contributed by atoms with Crippen molar-refractivity contribution in [3.63, 3.8) is 0 Å². The van der Waals surface area contributed by atoms with Crippen LogP contribution in [-0.4, -0.2) is 35.2 Å². The highest BCUT2D eigenvalue weighted by Gasteiger charge is 2.73. The van der Waals surface area contributed by atoms with Crippen LogP contribution in [0.25, 0.3) is 0 Å². The molecule has 0 radical (unpaired) electrons. The minimum absolute atomic E-state index is 0.110. The van der Waals surface area contributed by atoms with Crippen molar-refractivity contribution in [3.05, 3.63) is 28.8 Å². The topological polar surface area (TPSA) is 83.1 Å². The first-order valence-electron chi connectivity index (χ1n) is 9.48. The fourth-order valence-electron chi connectivity index (χ4n) is 5.05. The molecule has 1 aromatic carbocycles. The van der Waals surface area contributed by atoms with E-state index in [1.54, 1.807) is 0 Å². The number of nitrogens with zero attached hydrogens (tertiary/aromatic N) is 1. The Bertz CT molecular complexity index is 834. The van der Waals surface area contributed by atoms with Crippen LogP contribution < -0.4 is 10.6 Å². The summed E-state index contributed by atoms with van der Waals surface area (Å²) in [6, 6.07) is 3.84. The van der Waals surface area contributed by atoms with E-state index in [4.69, 9.17) is 0 Å². The number of hydrogen-bond acceptors (Lipinski definition) is 3. The molecule has 3 aliphatic rings. The number of carbonyl (C=O) groups is 3. The Labute approximate surface area is 153 Å². The van der Waals surface area contributed by atoms with Gasteiger partial charge in [0.05, 0.1) is 11.7 Å². The fourth-order valence-corrected chi connectivity index (χ4v) is 5.05. The minimum Gasteiger partial charge on any atom is -0.326 e. The summed E-state index contributed by atoms with van der Waals surface area (Å²) in [6.07, 6.45) is 1.71. The molecule has 0 bridgehead atoms. The first kappa shape index (κ1) is 17.2. The molecule has 6 heteroatoms. The lowest BCUT2D eigenvalue weighted by atomic mass is 9.76. The summed E-state index contributed by atoms with van der Waals surface area (Å²) in [6.45, 7) is 8.43. The lowest BCUT2D eigenvalue weighted by molar-refractivity contribution is -0.730. The van der Waals surface area contributed by atoms with Gasteiger partial charge in [-0.05, 0) is 44.4 Å². The Morgan fingerprint density at radius 1 is 1.19 bits per heavy atom. The Balaban J connectivity index is 1.85. The predicted molar refractivity (Wildman–Crippen MR) is 96.2 cm³/mol. The first-order chi connectivity index (χ1) is 12.3. The second-order valence-electron chi connectivity index (χ2n) is 7.96. The van der Waals surface area contributed by atoms with Gasteiger partial charge in [0, 0.05) is 12.1 Å². The summed E-state index contributed by atoms with van der Waals surface area (Å²) >= 11 is 0. The van der Waals surface area contributed by atoms with Gasteiger partial charge in [0.25, 0.3) is 5.91 Å². The first-order valence-corrected chi connectivity index (χ1v) is 9.48. The third-order valence-electron chi connectivity index (χ3n) is 6.56. The molecule has 3 aliphatic heterocycles. The number of amides is 3. The van der Waals surface area contributed by atoms with Gasteiger partial charge in [0.2, 0.25) is 17.4 Å². The fraction of sp³-hybridized carbons (Fsp3) is 0.550. The number of rotatable bonds is 3. The summed E-state index contributed by atoms with van der Waals surface area (Å²) in [7, 11) is 0. The quantitative estimate of drug-likeness (QED) is 0.787. The van der Waals surface area contributed by atoms with Crippen molar-refractivity contribution in [1.29, 1.82) is 0 Å². The number of nitrogens with two attached hydrogens (primary N) is 1. The number of hydrogen-bond donors (Lipinski definition) is 2. The molecule has 2 saturated heterocycles. The molecule has 1 aromatic rings. The van der Waals surface area contributed by atoms with Crippen molar-refractivity contribution in [3.8, 4) is 0 Å². The lowest BCUT2D eigenvalue weighted by Gasteiger charge is -2.26. The maximum atomic E-state index is 13.2. The largest absolute Gasteiger partial charge is 0.326 e. The van der Waals surface area contributed by atoms with E-state index >= 15 is 0 Å². The smallest absolute Gasteiger partial charge is 0.291 e. The van der Waals surface area contributed by atoms with Crippen molar-refractivity contribution in [1.82, 2.24) is 4.90 Å². The monoisotopic (exact) mass is 356 g/mol. The highest BCUT2D eigenvalue weighted by Crippen LogP contribution is 2.49. The highest BCUT2D eigenvalue weighted by molar-refractivity contribution is 6.14. The maximum absolute atomic E-state index is 13.2. The van der Waals surface area contributed by atoms with E-state index in [1.807, 2.05) is 45.1 Å². The molecular formula is C20H26N3O3+. The average Bonchev–Trinajstić information content (AvgIpc) is 3.16. The second kappa shape index (κ2) is 5.64. The number of aryl methyl sites for hydroxylation is 1. The average molecular weight is 356 g/mol. The number of likely N-dealkylation sites (tertiary alicyclic amines) is 1. The SMILES string of the molecule is CCCCN1C(=O)[C@@H]2[C@H](C)[NH2+][C@@]3(C(=O)Nc4c3ccc(C)c4C)[C@@H]2C1=O. The molecule has 0 saturated carbocycles. The zero-order valence-electron chi connectivity index (χ0n) is 15.8. The lowest BCUT2D eigenvalue weighted by Crippen LogP contribution is -2.98. The third kappa shape index (κ3) is 1.93. The van der Waals surface area contributed by atoms with Gasteiger partial charge in [-0.1, -0.05) is 19.4 Å². The van der Waals surface area contributed by atoms with Crippen LogP contribution >= 0.6 is 0 Å². The van der Waals surface area contributed by atoms with E-state index in [-0.39, 0.29) is 23.8 Å². The van der Waals surface area contributed by atoms with Crippen molar-refractivity contribution in [2.75, 3.05) is 11.9 Å². The van der Waals surface area contributed by atoms with Gasteiger partial charge in [0.15, 0.2) is 0 Å². The second-order valence-corrected chi connectivity index (χ2v) is 7.96. The summed E-state index contributed by atoms with van der Waals surface area (Å²) in [5.41, 5.74) is 2.76. The van der Waals surface area contributed by atoms with Gasteiger partial charge < -0.3 is 10.6 Å². The van der Waals surface area contributed by atoms with Crippen molar-refractivity contribution < 1.29 is 19.7 Å². The summed E-state index contributed by atoms with van der Waals surface area (Å²) in [4.78, 5) is 40.7. The van der Waals surface area contributed by atoms with E-state index in [0.717, 1.165) is 35.2 Å². The normalized spacial score (nSPS) is 32.4. The number of imide groups is 1. The molecule has 6 nitrogen and oxygen atoms in total. The number of nitrogens with one attached hydrogen (secondary N) is 1. The zero-order valence-corrected chi connectivity index (χ0v) is 15.8. The van der Waals surface area contributed by atoms with Crippen LogP contribution in [0.4, 0.5) is 5.69 Å². The Morgan fingerprint density at radius 3 is 2.62 bits per heavy atom. The molecule has 3 N–H and O–H groups in total. The van der Waals surface area contributed by atoms with Crippen LogP contribution in [0.15, 0.2) is 12.1 Å². The van der Waals surface area contributed by atoms with Crippen LogP contribution in [0.2, 0.25) is 0 Å². The Hall–Kier alpha value is -2.21. The molecule has 4 atom stereocenters. The number of quaternary nitrogens is 1. The van der Waals surface area contributed by atoms with E-state index in [2.05, 4.69) is 5.32 Å². The Morgan fingerprint density at radius 2 is 1.92 bits per heavy atom. The molecule has 2 fully saturated rings. The number of carbonyl (C=O) groups excluding carboxylic acids is 3. The molecule has 1 spiro atoms. The van der Waals surface area contributed by atoms with Gasteiger partial charge in [0.1, 0.15) is 11.8 Å². The highest BCUT2D eigenvalue weighted by atomic mass is 16.2.